The first kappa shape index (κ1) is 22.2. The van der Waals surface area contributed by atoms with Crippen molar-refractivity contribution >= 4 is 27.5 Å². The molecule has 3 heterocycles. The third-order valence-corrected chi connectivity index (χ3v) is 7.49. The summed E-state index contributed by atoms with van der Waals surface area (Å²) >= 11 is 0. The topological polar surface area (TPSA) is 109 Å². The molecule has 2 aliphatic rings. The summed E-state index contributed by atoms with van der Waals surface area (Å²) in [5.74, 6) is -0.395. The van der Waals surface area contributed by atoms with Gasteiger partial charge in [-0.1, -0.05) is 18.9 Å². The van der Waals surface area contributed by atoms with Gasteiger partial charge in [0.1, 0.15) is 12.3 Å². The van der Waals surface area contributed by atoms with Crippen molar-refractivity contribution < 1.29 is 22.7 Å². The smallest absolute Gasteiger partial charge is 0.265 e. The highest BCUT2D eigenvalue weighted by molar-refractivity contribution is 7.89. The number of nitrogens with zero attached hydrogens (tertiary/aromatic N) is 3. The molecule has 2 amide bonds. The van der Waals surface area contributed by atoms with Crippen LogP contribution in [0.25, 0.3) is 0 Å². The number of rotatable bonds is 6. The van der Waals surface area contributed by atoms with Gasteiger partial charge in [0.05, 0.1) is 10.6 Å². The number of anilines is 1. The number of carbonyl (C=O) groups is 2. The average molecular weight is 459 g/mol. The lowest BCUT2D eigenvalue weighted by Crippen LogP contribution is -2.45. The average Bonchev–Trinajstić information content (AvgIpc) is 3.10. The van der Waals surface area contributed by atoms with E-state index in [2.05, 4.69) is 10.3 Å². The molecular weight excluding hydrogens is 432 g/mol. The van der Waals surface area contributed by atoms with Gasteiger partial charge in [-0.2, -0.15) is 4.31 Å². The Labute approximate surface area is 187 Å². The molecule has 32 heavy (non-hydrogen) atoms. The molecule has 0 saturated carbocycles. The van der Waals surface area contributed by atoms with Crippen molar-refractivity contribution in [1.82, 2.24) is 14.6 Å². The van der Waals surface area contributed by atoms with Gasteiger partial charge < -0.3 is 10.1 Å². The van der Waals surface area contributed by atoms with E-state index in [-0.39, 0.29) is 36.2 Å². The highest BCUT2D eigenvalue weighted by atomic mass is 32.2. The largest absolute Gasteiger partial charge is 0.482 e. The summed E-state index contributed by atoms with van der Waals surface area (Å²) in [4.78, 5) is 30.4. The molecule has 0 atom stereocenters. The number of amides is 2. The van der Waals surface area contributed by atoms with Crippen LogP contribution in [0.3, 0.4) is 0 Å². The molecular formula is C22H26N4O5S. The van der Waals surface area contributed by atoms with Crippen LogP contribution < -0.4 is 15.0 Å². The molecule has 10 heteroatoms. The van der Waals surface area contributed by atoms with Crippen molar-refractivity contribution in [2.45, 2.75) is 37.1 Å². The summed E-state index contributed by atoms with van der Waals surface area (Å²) in [6, 6.07) is 8.08. The van der Waals surface area contributed by atoms with Gasteiger partial charge in [-0.15, -0.1) is 0 Å². The SMILES string of the molecule is O=C(CN1C(=O)COc2ccc(S(=O)(=O)N3CCCCCC3)cc21)NCc1cccnc1. The summed E-state index contributed by atoms with van der Waals surface area (Å²) in [5.41, 5.74) is 1.12. The Balaban J connectivity index is 1.53. The molecule has 0 bridgehead atoms. The number of benzene rings is 1. The molecule has 9 nitrogen and oxygen atoms in total. The zero-order valence-corrected chi connectivity index (χ0v) is 18.5. The van der Waals surface area contributed by atoms with Gasteiger partial charge >= 0.3 is 0 Å². The Morgan fingerprint density at radius 2 is 1.91 bits per heavy atom. The fraction of sp³-hybridized carbons (Fsp3) is 0.409. The van der Waals surface area contributed by atoms with Crippen molar-refractivity contribution in [2.75, 3.05) is 31.1 Å². The highest BCUT2D eigenvalue weighted by Crippen LogP contribution is 2.35. The first-order chi connectivity index (χ1) is 15.4. The molecule has 0 radical (unpaired) electrons. The van der Waals surface area contributed by atoms with E-state index >= 15 is 0 Å². The first-order valence-corrected chi connectivity index (χ1v) is 12.1. The molecule has 170 valence electrons. The maximum atomic E-state index is 13.2. The zero-order valence-electron chi connectivity index (χ0n) is 17.7. The number of hydrogen-bond acceptors (Lipinski definition) is 6. The molecule has 0 spiro atoms. The molecule has 2 aliphatic heterocycles. The zero-order chi connectivity index (χ0) is 22.6. The van der Waals surface area contributed by atoms with Gasteiger partial charge in [0.2, 0.25) is 15.9 Å². The van der Waals surface area contributed by atoms with E-state index in [0.29, 0.717) is 18.8 Å². The predicted octanol–water partition coefficient (Wildman–Crippen LogP) is 1.69. The lowest BCUT2D eigenvalue weighted by molar-refractivity contribution is -0.125. The number of carbonyl (C=O) groups excluding carboxylic acids is 2. The normalized spacial score (nSPS) is 17.2. The lowest BCUT2D eigenvalue weighted by atomic mass is 10.2. The lowest BCUT2D eigenvalue weighted by Gasteiger charge is -2.30. The molecule has 1 aromatic carbocycles. The van der Waals surface area contributed by atoms with E-state index in [4.69, 9.17) is 4.74 Å². The maximum Gasteiger partial charge on any atom is 0.265 e. The summed E-state index contributed by atoms with van der Waals surface area (Å²) in [5, 5.41) is 2.76. The van der Waals surface area contributed by atoms with E-state index in [1.165, 1.54) is 21.3 Å². The van der Waals surface area contributed by atoms with Crippen LogP contribution in [-0.4, -0.2) is 55.8 Å². The van der Waals surface area contributed by atoms with E-state index in [0.717, 1.165) is 31.2 Å². The van der Waals surface area contributed by atoms with Crippen molar-refractivity contribution in [3.63, 3.8) is 0 Å². The maximum absolute atomic E-state index is 13.2. The van der Waals surface area contributed by atoms with Crippen LogP contribution in [0.4, 0.5) is 5.69 Å². The molecule has 1 aromatic heterocycles. The van der Waals surface area contributed by atoms with Crippen molar-refractivity contribution in [1.29, 1.82) is 0 Å². The molecule has 0 aliphatic carbocycles. The molecule has 0 unspecified atom stereocenters. The number of sulfonamides is 1. The van der Waals surface area contributed by atoms with E-state index in [9.17, 15) is 18.0 Å². The minimum Gasteiger partial charge on any atom is -0.482 e. The third-order valence-electron chi connectivity index (χ3n) is 5.59. The molecule has 1 saturated heterocycles. The minimum absolute atomic E-state index is 0.0946. The van der Waals surface area contributed by atoms with Crippen LogP contribution in [-0.2, 0) is 26.2 Å². The number of nitrogens with one attached hydrogen (secondary N) is 1. The van der Waals surface area contributed by atoms with Gasteiger partial charge in [0.15, 0.2) is 6.61 Å². The fourth-order valence-electron chi connectivity index (χ4n) is 3.85. The van der Waals surface area contributed by atoms with Crippen LogP contribution in [0, 0.1) is 0 Å². The van der Waals surface area contributed by atoms with Gasteiger partial charge in [0.25, 0.3) is 5.91 Å². The van der Waals surface area contributed by atoms with Crippen molar-refractivity contribution in [2.24, 2.45) is 0 Å². The quantitative estimate of drug-likeness (QED) is 0.706. The third kappa shape index (κ3) is 4.91. The summed E-state index contributed by atoms with van der Waals surface area (Å²) in [7, 11) is -3.70. The number of fused-ring (bicyclic) bond motifs is 1. The first-order valence-electron chi connectivity index (χ1n) is 10.7. The van der Waals surface area contributed by atoms with Crippen LogP contribution >= 0.6 is 0 Å². The molecule has 1 fully saturated rings. The Kier molecular flexibility index (Phi) is 6.71. The second-order valence-electron chi connectivity index (χ2n) is 7.85. The number of aromatic nitrogens is 1. The number of pyridine rings is 1. The number of hydrogen-bond donors (Lipinski definition) is 1. The number of ether oxygens (including phenoxy) is 1. The Morgan fingerprint density at radius 3 is 2.62 bits per heavy atom. The summed E-state index contributed by atoms with van der Waals surface area (Å²) < 4.78 is 33.4. The highest BCUT2D eigenvalue weighted by Gasteiger charge is 2.31. The second kappa shape index (κ2) is 9.66. The predicted molar refractivity (Wildman–Crippen MR) is 118 cm³/mol. The van der Waals surface area contributed by atoms with Crippen molar-refractivity contribution in [3.8, 4) is 5.75 Å². The van der Waals surface area contributed by atoms with Gasteiger partial charge in [-0.25, -0.2) is 8.42 Å². The summed E-state index contributed by atoms with van der Waals surface area (Å²) in [6.45, 7) is 0.801. The molecule has 4 rings (SSSR count). The summed E-state index contributed by atoms with van der Waals surface area (Å²) in [6.07, 6.45) is 6.98. The van der Waals surface area contributed by atoms with Crippen molar-refractivity contribution in [3.05, 3.63) is 48.3 Å². The van der Waals surface area contributed by atoms with Gasteiger partial charge in [-0.3, -0.25) is 19.5 Å². The Morgan fingerprint density at radius 1 is 1.12 bits per heavy atom. The molecule has 1 N–H and O–H groups in total. The van der Waals surface area contributed by atoms with Crippen LogP contribution in [0.5, 0.6) is 5.75 Å². The Hall–Kier alpha value is -2.98. The Bertz CT molecular complexity index is 1080. The van der Waals surface area contributed by atoms with E-state index in [1.807, 2.05) is 6.07 Å². The minimum atomic E-state index is -3.70. The molecule has 2 aromatic rings. The van der Waals surface area contributed by atoms with Crippen LogP contribution in [0.15, 0.2) is 47.6 Å². The second-order valence-corrected chi connectivity index (χ2v) is 9.79. The monoisotopic (exact) mass is 458 g/mol. The van der Waals surface area contributed by atoms with Gasteiger partial charge in [0, 0.05) is 32.0 Å². The van der Waals surface area contributed by atoms with Crippen LogP contribution in [0.2, 0.25) is 0 Å². The van der Waals surface area contributed by atoms with E-state index in [1.54, 1.807) is 24.5 Å². The fourth-order valence-corrected chi connectivity index (χ4v) is 5.39. The standard InChI is InChI=1S/C22H26N4O5S/c27-21(24-14-17-6-5-9-23-13-17)15-26-19-12-18(7-8-20(19)31-16-22(26)28)32(29,30)25-10-3-1-2-4-11-25/h5-9,12-13H,1-4,10-11,14-16H2,(H,24,27). The van der Waals surface area contributed by atoms with Gasteiger partial charge in [-0.05, 0) is 42.7 Å². The van der Waals surface area contributed by atoms with E-state index < -0.39 is 15.9 Å². The van der Waals surface area contributed by atoms with Crippen LogP contribution in [0.1, 0.15) is 31.2 Å².